The Bertz CT molecular complexity index is 987. The second-order valence-electron chi connectivity index (χ2n) is 6.38. The molecule has 0 aliphatic rings. The molecule has 2 heterocycles. The molecule has 0 saturated heterocycles. The number of halogens is 2. The van der Waals surface area contributed by atoms with E-state index in [1.807, 2.05) is 12.1 Å². The summed E-state index contributed by atoms with van der Waals surface area (Å²) < 4.78 is 4.57. The third kappa shape index (κ3) is 2.84. The number of aryl methyl sites for hydroxylation is 2. The van der Waals surface area contributed by atoms with Gasteiger partial charge in [-0.3, -0.25) is 0 Å². The maximum atomic E-state index is 6.26. The largest absolute Gasteiger partial charge is 0.347 e. The summed E-state index contributed by atoms with van der Waals surface area (Å²) in [5, 5.41) is 4.02. The number of rotatable bonds is 4. The molecule has 0 N–H and O–H groups in total. The molecule has 2 aromatic carbocycles. The molecule has 25 heavy (non-hydrogen) atoms. The second-order valence-corrected chi connectivity index (χ2v) is 7.25. The van der Waals surface area contributed by atoms with E-state index in [2.05, 4.69) is 59.6 Å². The SMILES string of the molecule is CCn1cc(Cc2cn(CC)c3ccc(Cl)cc23)c2cc(Cl)ccc21. The van der Waals surface area contributed by atoms with E-state index in [0.717, 1.165) is 29.6 Å². The van der Waals surface area contributed by atoms with Crippen LogP contribution in [0.3, 0.4) is 0 Å². The van der Waals surface area contributed by atoms with Gasteiger partial charge in [0.15, 0.2) is 0 Å². The highest BCUT2D eigenvalue weighted by molar-refractivity contribution is 6.31. The zero-order valence-corrected chi connectivity index (χ0v) is 15.9. The van der Waals surface area contributed by atoms with Crippen molar-refractivity contribution in [2.75, 3.05) is 0 Å². The van der Waals surface area contributed by atoms with Crippen molar-refractivity contribution < 1.29 is 0 Å². The molecule has 2 aromatic heterocycles. The lowest BCUT2D eigenvalue weighted by Gasteiger charge is -2.00. The van der Waals surface area contributed by atoms with E-state index in [4.69, 9.17) is 23.2 Å². The molecule has 0 unspecified atom stereocenters. The van der Waals surface area contributed by atoms with Crippen molar-refractivity contribution in [3.63, 3.8) is 0 Å². The minimum atomic E-state index is 0.779. The smallest absolute Gasteiger partial charge is 0.0484 e. The minimum absolute atomic E-state index is 0.779. The van der Waals surface area contributed by atoms with Crippen LogP contribution in [0.15, 0.2) is 48.8 Å². The van der Waals surface area contributed by atoms with Gasteiger partial charge in [0.2, 0.25) is 0 Å². The van der Waals surface area contributed by atoms with Crippen molar-refractivity contribution in [3.8, 4) is 0 Å². The van der Waals surface area contributed by atoms with Gasteiger partial charge >= 0.3 is 0 Å². The summed E-state index contributed by atoms with van der Waals surface area (Å²) in [6, 6.07) is 12.3. The summed E-state index contributed by atoms with van der Waals surface area (Å²) in [6.45, 7) is 6.22. The van der Waals surface area contributed by atoms with Gasteiger partial charge in [-0.25, -0.2) is 0 Å². The summed E-state index contributed by atoms with van der Waals surface area (Å²) in [5.74, 6) is 0. The Hall–Kier alpha value is -1.90. The van der Waals surface area contributed by atoms with E-state index in [0.29, 0.717) is 0 Å². The highest BCUT2D eigenvalue weighted by Gasteiger charge is 2.13. The second kappa shape index (κ2) is 6.44. The highest BCUT2D eigenvalue weighted by atomic mass is 35.5. The van der Waals surface area contributed by atoms with E-state index in [1.54, 1.807) is 0 Å². The fourth-order valence-electron chi connectivity index (χ4n) is 3.70. The van der Waals surface area contributed by atoms with Crippen LogP contribution in [0.1, 0.15) is 25.0 Å². The summed E-state index contributed by atoms with van der Waals surface area (Å²) in [4.78, 5) is 0. The molecule has 4 rings (SSSR count). The quantitative estimate of drug-likeness (QED) is 0.386. The average Bonchev–Trinajstić information content (AvgIpc) is 3.13. The molecular weight excluding hydrogens is 351 g/mol. The predicted molar refractivity (Wildman–Crippen MR) is 108 cm³/mol. The van der Waals surface area contributed by atoms with E-state index in [-0.39, 0.29) is 0 Å². The lowest BCUT2D eigenvalue weighted by atomic mass is 10.0. The van der Waals surface area contributed by atoms with Crippen LogP contribution in [-0.4, -0.2) is 9.13 Å². The average molecular weight is 371 g/mol. The number of benzene rings is 2. The first-order chi connectivity index (χ1) is 12.1. The number of fused-ring (bicyclic) bond motifs is 2. The van der Waals surface area contributed by atoms with Crippen LogP contribution in [0.5, 0.6) is 0 Å². The number of hydrogen-bond donors (Lipinski definition) is 0. The van der Waals surface area contributed by atoms with Gasteiger partial charge in [0.1, 0.15) is 0 Å². The van der Waals surface area contributed by atoms with Gasteiger partial charge in [0, 0.05) is 63.8 Å². The lowest BCUT2D eigenvalue weighted by molar-refractivity contribution is 0.789. The zero-order chi connectivity index (χ0) is 17.6. The van der Waals surface area contributed by atoms with Gasteiger partial charge in [-0.15, -0.1) is 0 Å². The van der Waals surface area contributed by atoms with Crippen LogP contribution in [0.2, 0.25) is 10.0 Å². The maximum Gasteiger partial charge on any atom is 0.0484 e. The first kappa shape index (κ1) is 16.6. The summed E-state index contributed by atoms with van der Waals surface area (Å²) >= 11 is 12.5. The molecule has 2 nitrogen and oxygen atoms in total. The molecule has 0 spiro atoms. The molecule has 0 bridgehead atoms. The molecule has 0 atom stereocenters. The normalized spacial score (nSPS) is 11.7. The lowest BCUT2D eigenvalue weighted by Crippen LogP contribution is -1.91. The Kier molecular flexibility index (Phi) is 4.26. The molecule has 0 aliphatic heterocycles. The Morgan fingerprint density at radius 3 is 1.56 bits per heavy atom. The van der Waals surface area contributed by atoms with E-state index in [9.17, 15) is 0 Å². The summed E-state index contributed by atoms with van der Waals surface area (Å²) in [7, 11) is 0. The molecule has 4 heteroatoms. The van der Waals surface area contributed by atoms with E-state index in [1.165, 1.54) is 32.9 Å². The zero-order valence-electron chi connectivity index (χ0n) is 14.4. The van der Waals surface area contributed by atoms with Crippen molar-refractivity contribution in [1.29, 1.82) is 0 Å². The van der Waals surface area contributed by atoms with Gasteiger partial charge in [-0.05, 0) is 61.4 Å². The first-order valence-electron chi connectivity index (χ1n) is 8.65. The molecule has 0 radical (unpaired) electrons. The summed E-state index contributed by atoms with van der Waals surface area (Å²) in [6.07, 6.45) is 5.37. The Balaban J connectivity index is 1.88. The van der Waals surface area contributed by atoms with Gasteiger partial charge in [0.05, 0.1) is 0 Å². The third-order valence-electron chi connectivity index (χ3n) is 4.91. The first-order valence-corrected chi connectivity index (χ1v) is 9.40. The van der Waals surface area contributed by atoms with Crippen LogP contribution >= 0.6 is 23.2 Å². The topological polar surface area (TPSA) is 9.86 Å². The monoisotopic (exact) mass is 370 g/mol. The molecule has 0 saturated carbocycles. The number of hydrogen-bond acceptors (Lipinski definition) is 0. The highest BCUT2D eigenvalue weighted by Crippen LogP contribution is 2.31. The standard InChI is InChI=1S/C21H20Cl2N2/c1-3-24-12-14(18-10-16(22)5-7-20(18)24)9-15-13-25(4-2)21-8-6-17(23)11-19(15)21/h5-8,10-13H,3-4,9H2,1-2H3. The molecule has 0 amide bonds. The van der Waals surface area contributed by atoms with Crippen molar-refractivity contribution in [2.24, 2.45) is 0 Å². The van der Waals surface area contributed by atoms with Gasteiger partial charge < -0.3 is 9.13 Å². The van der Waals surface area contributed by atoms with Crippen molar-refractivity contribution in [1.82, 2.24) is 9.13 Å². The fourth-order valence-corrected chi connectivity index (χ4v) is 4.04. The Morgan fingerprint density at radius 2 is 1.16 bits per heavy atom. The maximum absolute atomic E-state index is 6.26. The fraction of sp³-hybridized carbons (Fsp3) is 0.238. The van der Waals surface area contributed by atoms with Gasteiger partial charge in [-0.2, -0.15) is 0 Å². The van der Waals surface area contributed by atoms with Crippen molar-refractivity contribution in [3.05, 3.63) is 70.0 Å². The minimum Gasteiger partial charge on any atom is -0.347 e. The van der Waals surface area contributed by atoms with Gasteiger partial charge in [-0.1, -0.05) is 23.2 Å². The molecule has 128 valence electrons. The number of aromatic nitrogens is 2. The van der Waals surface area contributed by atoms with Gasteiger partial charge in [0.25, 0.3) is 0 Å². The van der Waals surface area contributed by atoms with E-state index < -0.39 is 0 Å². The molecule has 0 fully saturated rings. The predicted octanol–water partition coefficient (Wildman–Crippen LogP) is 6.53. The van der Waals surface area contributed by atoms with Crippen molar-refractivity contribution >= 4 is 45.0 Å². The Labute approximate surface area is 157 Å². The number of nitrogens with zero attached hydrogens (tertiary/aromatic N) is 2. The molecular formula is C21H20Cl2N2. The molecule has 4 aromatic rings. The van der Waals surface area contributed by atoms with Crippen molar-refractivity contribution in [2.45, 2.75) is 33.4 Å². The third-order valence-corrected chi connectivity index (χ3v) is 5.38. The van der Waals surface area contributed by atoms with Crippen LogP contribution in [0.4, 0.5) is 0 Å². The van der Waals surface area contributed by atoms with Crippen LogP contribution in [-0.2, 0) is 19.5 Å². The Morgan fingerprint density at radius 1 is 0.720 bits per heavy atom. The van der Waals surface area contributed by atoms with Crippen LogP contribution < -0.4 is 0 Å². The summed E-state index contributed by atoms with van der Waals surface area (Å²) in [5.41, 5.74) is 5.07. The van der Waals surface area contributed by atoms with E-state index >= 15 is 0 Å². The van der Waals surface area contributed by atoms with Crippen LogP contribution in [0.25, 0.3) is 21.8 Å². The van der Waals surface area contributed by atoms with Crippen LogP contribution in [0, 0.1) is 0 Å². The molecule has 0 aliphatic carbocycles.